The molecule has 0 amide bonds. The van der Waals surface area contributed by atoms with Crippen LogP contribution in [0.25, 0.3) is 98.8 Å². The molecule has 0 saturated carbocycles. The van der Waals surface area contributed by atoms with Gasteiger partial charge >= 0.3 is 0 Å². The minimum absolute atomic E-state index is 0.844. The van der Waals surface area contributed by atoms with E-state index in [0.29, 0.717) is 0 Å². The van der Waals surface area contributed by atoms with Gasteiger partial charge in [-0.05, 0) is 82.6 Å². The predicted molar refractivity (Wildman–Crippen MR) is 231 cm³/mol. The molecule has 0 bridgehead atoms. The zero-order chi connectivity index (χ0) is 36.7. The number of hydrogen-bond acceptors (Lipinski definition) is 4. The standard InChI is InChI=1S/C52H31NO3/c1-4-10-41-34(7-1)19-25-45-43-27-23-39(30-49(43)55-51(41)45)53(40-24-28-44-46-26-20-35-8-2-5-11-42(35)52(46)56-50(44)31-40)38-21-17-33(18-22-38)32-13-15-36(16-14-32)48-29-37-9-3-6-12-47(37)54-48/h1-31H. The van der Waals surface area contributed by atoms with Crippen LogP contribution in [0.2, 0.25) is 0 Å². The Morgan fingerprint density at radius 1 is 0.286 bits per heavy atom. The third-order valence-corrected chi connectivity index (χ3v) is 11.3. The minimum atomic E-state index is 0.844. The maximum absolute atomic E-state index is 6.66. The molecular formula is C52H31NO3. The summed E-state index contributed by atoms with van der Waals surface area (Å²) in [7, 11) is 0. The van der Waals surface area contributed by atoms with Crippen LogP contribution in [0.5, 0.6) is 0 Å². The second-order valence-electron chi connectivity index (χ2n) is 14.5. The van der Waals surface area contributed by atoms with Gasteiger partial charge in [-0.1, -0.05) is 115 Å². The second-order valence-corrected chi connectivity index (χ2v) is 14.5. The summed E-state index contributed by atoms with van der Waals surface area (Å²) in [4.78, 5) is 2.28. The van der Waals surface area contributed by atoms with Gasteiger partial charge in [0.2, 0.25) is 0 Å². The number of furan rings is 3. The van der Waals surface area contributed by atoms with E-state index in [4.69, 9.17) is 13.3 Å². The number of para-hydroxylation sites is 1. The first kappa shape index (κ1) is 30.9. The summed E-state index contributed by atoms with van der Waals surface area (Å²) in [5.74, 6) is 0.868. The van der Waals surface area contributed by atoms with Crippen molar-refractivity contribution in [1.29, 1.82) is 0 Å². The summed E-state index contributed by atoms with van der Waals surface area (Å²) in [6, 6.07) is 66.1. The lowest BCUT2D eigenvalue weighted by molar-refractivity contribution is 0.631. The van der Waals surface area contributed by atoms with E-state index >= 15 is 0 Å². The van der Waals surface area contributed by atoms with Gasteiger partial charge in [-0.15, -0.1) is 0 Å². The third kappa shape index (κ3) is 4.79. The zero-order valence-electron chi connectivity index (χ0n) is 30.1. The Balaban J connectivity index is 0.974. The lowest BCUT2D eigenvalue weighted by Crippen LogP contribution is -2.09. The van der Waals surface area contributed by atoms with Crippen LogP contribution in [0.4, 0.5) is 17.1 Å². The largest absolute Gasteiger partial charge is 0.456 e. The van der Waals surface area contributed by atoms with E-state index < -0.39 is 0 Å². The van der Waals surface area contributed by atoms with Gasteiger partial charge < -0.3 is 18.2 Å². The minimum Gasteiger partial charge on any atom is -0.456 e. The van der Waals surface area contributed by atoms with Crippen LogP contribution in [0.3, 0.4) is 0 Å². The molecular weight excluding hydrogens is 687 g/mol. The summed E-state index contributed by atoms with van der Waals surface area (Å²) in [5, 5.41) is 10.1. The monoisotopic (exact) mass is 717 g/mol. The summed E-state index contributed by atoms with van der Waals surface area (Å²) in [6.45, 7) is 0. The summed E-state index contributed by atoms with van der Waals surface area (Å²) >= 11 is 0. The van der Waals surface area contributed by atoms with Crippen LogP contribution in [0.15, 0.2) is 201 Å². The number of fused-ring (bicyclic) bond motifs is 11. The van der Waals surface area contributed by atoms with Gasteiger partial charge in [-0.3, -0.25) is 0 Å². The molecule has 0 saturated heterocycles. The molecule has 0 aliphatic rings. The molecule has 3 aromatic heterocycles. The van der Waals surface area contributed by atoms with Gasteiger partial charge in [0.25, 0.3) is 0 Å². The van der Waals surface area contributed by atoms with Crippen molar-refractivity contribution >= 4 is 93.5 Å². The molecule has 0 aliphatic carbocycles. The first-order valence-corrected chi connectivity index (χ1v) is 18.9. The molecule has 12 aromatic rings. The molecule has 3 heterocycles. The van der Waals surface area contributed by atoms with E-state index in [0.717, 1.165) is 116 Å². The Hall–Kier alpha value is -7.56. The molecule has 4 heteroatoms. The fourth-order valence-electron chi connectivity index (χ4n) is 8.47. The number of rotatable bonds is 5. The van der Waals surface area contributed by atoms with Crippen LogP contribution >= 0.6 is 0 Å². The van der Waals surface area contributed by atoms with Crippen molar-refractivity contribution in [3.63, 3.8) is 0 Å². The number of anilines is 3. The van der Waals surface area contributed by atoms with Crippen LogP contribution in [0.1, 0.15) is 0 Å². The van der Waals surface area contributed by atoms with Crippen molar-refractivity contribution in [3.8, 4) is 22.5 Å². The Morgan fingerprint density at radius 2 is 0.750 bits per heavy atom. The average molecular weight is 718 g/mol. The number of hydrogen-bond donors (Lipinski definition) is 0. The SMILES string of the molecule is c1ccc2oc(-c3ccc(-c4ccc(N(c5ccc6c(c5)oc5c7ccccc7ccc65)c5ccc6c(c5)oc5c7ccccc7ccc65)cc4)cc3)cc2c1. The van der Waals surface area contributed by atoms with Crippen LogP contribution < -0.4 is 4.90 Å². The fraction of sp³-hybridized carbons (Fsp3) is 0. The molecule has 0 unspecified atom stereocenters. The average Bonchev–Trinajstić information content (AvgIpc) is 3.97. The van der Waals surface area contributed by atoms with Crippen molar-refractivity contribution in [1.82, 2.24) is 0 Å². The molecule has 9 aromatic carbocycles. The summed E-state index contributed by atoms with van der Waals surface area (Å²) in [5.41, 5.74) is 10.7. The van der Waals surface area contributed by atoms with Crippen LogP contribution in [-0.2, 0) is 0 Å². The van der Waals surface area contributed by atoms with Crippen molar-refractivity contribution < 1.29 is 13.3 Å². The van der Waals surface area contributed by atoms with E-state index in [-0.39, 0.29) is 0 Å². The lowest BCUT2D eigenvalue weighted by atomic mass is 10.0. The Kier molecular flexibility index (Phi) is 6.60. The molecule has 0 atom stereocenters. The van der Waals surface area contributed by atoms with Crippen molar-refractivity contribution in [2.24, 2.45) is 0 Å². The molecule has 4 nitrogen and oxygen atoms in total. The highest BCUT2D eigenvalue weighted by molar-refractivity contribution is 6.17. The maximum atomic E-state index is 6.66. The maximum Gasteiger partial charge on any atom is 0.143 e. The Morgan fingerprint density at radius 3 is 1.32 bits per heavy atom. The molecule has 0 radical (unpaired) electrons. The molecule has 56 heavy (non-hydrogen) atoms. The fourth-order valence-corrected chi connectivity index (χ4v) is 8.47. The van der Waals surface area contributed by atoms with E-state index in [9.17, 15) is 0 Å². The van der Waals surface area contributed by atoms with Gasteiger partial charge in [0.15, 0.2) is 0 Å². The highest BCUT2D eigenvalue weighted by Crippen LogP contribution is 2.43. The molecule has 0 spiro atoms. The number of benzene rings is 9. The van der Waals surface area contributed by atoms with Gasteiger partial charge in [0.05, 0.1) is 0 Å². The lowest BCUT2D eigenvalue weighted by Gasteiger charge is -2.25. The zero-order valence-corrected chi connectivity index (χ0v) is 30.1. The van der Waals surface area contributed by atoms with Crippen molar-refractivity contribution in [2.75, 3.05) is 4.90 Å². The van der Waals surface area contributed by atoms with Crippen LogP contribution in [-0.4, -0.2) is 0 Å². The molecule has 0 N–H and O–H groups in total. The highest BCUT2D eigenvalue weighted by Gasteiger charge is 2.19. The van der Waals surface area contributed by atoms with Crippen molar-refractivity contribution in [3.05, 3.63) is 188 Å². The number of nitrogens with zero attached hydrogens (tertiary/aromatic N) is 1. The Labute approximate surface area is 321 Å². The summed E-state index contributed by atoms with van der Waals surface area (Å²) in [6.07, 6.45) is 0. The first-order valence-electron chi connectivity index (χ1n) is 18.9. The molecule has 0 fully saturated rings. The highest BCUT2D eigenvalue weighted by atomic mass is 16.3. The first-order chi connectivity index (χ1) is 27.7. The molecule has 262 valence electrons. The smallest absolute Gasteiger partial charge is 0.143 e. The third-order valence-electron chi connectivity index (χ3n) is 11.3. The normalized spacial score (nSPS) is 11.9. The predicted octanol–water partition coefficient (Wildman–Crippen LogP) is 15.3. The molecule has 12 rings (SSSR count). The van der Waals surface area contributed by atoms with Gasteiger partial charge in [0, 0.05) is 72.5 Å². The second kappa shape index (κ2) is 12.0. The molecule has 0 aliphatic heterocycles. The Bertz CT molecular complexity index is 3290. The van der Waals surface area contributed by atoms with E-state index in [1.165, 1.54) is 0 Å². The van der Waals surface area contributed by atoms with Gasteiger partial charge in [0.1, 0.15) is 33.7 Å². The van der Waals surface area contributed by atoms with E-state index in [2.05, 4.69) is 175 Å². The van der Waals surface area contributed by atoms with Crippen molar-refractivity contribution in [2.45, 2.75) is 0 Å². The van der Waals surface area contributed by atoms with E-state index in [1.54, 1.807) is 0 Å². The van der Waals surface area contributed by atoms with Gasteiger partial charge in [-0.2, -0.15) is 0 Å². The van der Waals surface area contributed by atoms with Crippen LogP contribution in [0, 0.1) is 0 Å². The van der Waals surface area contributed by atoms with E-state index in [1.807, 2.05) is 18.2 Å². The quantitative estimate of drug-likeness (QED) is 0.178. The summed E-state index contributed by atoms with van der Waals surface area (Å²) < 4.78 is 19.5. The van der Waals surface area contributed by atoms with Gasteiger partial charge in [-0.25, -0.2) is 0 Å². The topological polar surface area (TPSA) is 42.7 Å².